The standard InChI is InChI=1S/C17H28N6O/c18-9-11-5-7-13(8-6-11)21-16-14(15(19)24)10-20-17(23-16)22-12-3-1-2-4-12/h10-13H,1-9,18H2,(H2,19,24)(H2,20,21,22,23). The Hall–Kier alpha value is -1.89. The highest BCUT2D eigenvalue weighted by molar-refractivity contribution is 5.97. The molecule has 0 saturated heterocycles. The molecule has 0 spiro atoms. The first-order chi connectivity index (χ1) is 11.7. The highest BCUT2D eigenvalue weighted by Gasteiger charge is 2.23. The summed E-state index contributed by atoms with van der Waals surface area (Å²) in [6.07, 6.45) is 10.6. The van der Waals surface area contributed by atoms with Gasteiger partial charge in [0, 0.05) is 18.3 Å². The van der Waals surface area contributed by atoms with Crippen molar-refractivity contribution in [2.24, 2.45) is 17.4 Å². The van der Waals surface area contributed by atoms with Crippen molar-refractivity contribution in [2.75, 3.05) is 17.2 Å². The molecule has 24 heavy (non-hydrogen) atoms. The lowest BCUT2D eigenvalue weighted by atomic mass is 9.86. The molecule has 0 atom stereocenters. The van der Waals surface area contributed by atoms with Crippen LogP contribution in [0.1, 0.15) is 61.7 Å². The van der Waals surface area contributed by atoms with Gasteiger partial charge in [0.25, 0.3) is 5.91 Å². The maximum Gasteiger partial charge on any atom is 0.254 e. The number of aromatic nitrogens is 2. The molecule has 0 aromatic carbocycles. The van der Waals surface area contributed by atoms with Gasteiger partial charge in [-0.05, 0) is 51.0 Å². The van der Waals surface area contributed by atoms with Gasteiger partial charge in [0.2, 0.25) is 5.95 Å². The Balaban J connectivity index is 1.70. The molecule has 2 aliphatic rings. The quantitative estimate of drug-likeness (QED) is 0.631. The number of carbonyl (C=O) groups excluding carboxylic acids is 1. The van der Waals surface area contributed by atoms with E-state index >= 15 is 0 Å². The zero-order valence-electron chi connectivity index (χ0n) is 14.1. The minimum Gasteiger partial charge on any atom is -0.367 e. The van der Waals surface area contributed by atoms with Crippen LogP contribution in [0.5, 0.6) is 0 Å². The summed E-state index contributed by atoms with van der Waals surface area (Å²) in [5.74, 6) is 1.24. The molecular formula is C17H28N6O. The number of hydrogen-bond donors (Lipinski definition) is 4. The molecule has 6 N–H and O–H groups in total. The van der Waals surface area contributed by atoms with Crippen LogP contribution in [0.4, 0.5) is 11.8 Å². The SMILES string of the molecule is NCC1CCC(Nc2nc(NC3CCCC3)ncc2C(N)=O)CC1. The number of carbonyl (C=O) groups is 1. The van der Waals surface area contributed by atoms with Crippen molar-refractivity contribution in [1.29, 1.82) is 0 Å². The smallest absolute Gasteiger partial charge is 0.254 e. The molecule has 2 saturated carbocycles. The Morgan fingerprint density at radius 3 is 2.38 bits per heavy atom. The summed E-state index contributed by atoms with van der Waals surface area (Å²) in [6, 6.07) is 0.734. The van der Waals surface area contributed by atoms with Crippen LogP contribution in [0, 0.1) is 5.92 Å². The van der Waals surface area contributed by atoms with Gasteiger partial charge in [-0.1, -0.05) is 12.8 Å². The Morgan fingerprint density at radius 1 is 1.08 bits per heavy atom. The van der Waals surface area contributed by atoms with Crippen molar-refractivity contribution in [3.63, 3.8) is 0 Å². The predicted octanol–water partition coefficient (Wildman–Crippen LogP) is 1.86. The summed E-state index contributed by atoms with van der Waals surface area (Å²) in [4.78, 5) is 20.5. The van der Waals surface area contributed by atoms with E-state index in [-0.39, 0.29) is 0 Å². The predicted molar refractivity (Wildman–Crippen MR) is 94.9 cm³/mol. The van der Waals surface area contributed by atoms with Crippen LogP contribution in [0.25, 0.3) is 0 Å². The summed E-state index contributed by atoms with van der Waals surface area (Å²) in [5.41, 5.74) is 11.6. The lowest BCUT2D eigenvalue weighted by Crippen LogP contribution is -2.30. The van der Waals surface area contributed by atoms with Crippen LogP contribution in [0.3, 0.4) is 0 Å². The fourth-order valence-corrected chi connectivity index (χ4v) is 3.73. The first-order valence-corrected chi connectivity index (χ1v) is 9.05. The first kappa shape index (κ1) is 17.0. The van der Waals surface area contributed by atoms with E-state index in [0.717, 1.165) is 45.1 Å². The second-order valence-corrected chi connectivity index (χ2v) is 7.04. The Kier molecular flexibility index (Phi) is 5.50. The molecule has 1 heterocycles. The van der Waals surface area contributed by atoms with E-state index in [4.69, 9.17) is 11.5 Å². The first-order valence-electron chi connectivity index (χ1n) is 9.05. The second-order valence-electron chi connectivity index (χ2n) is 7.04. The summed E-state index contributed by atoms with van der Waals surface area (Å²) in [7, 11) is 0. The van der Waals surface area contributed by atoms with Gasteiger partial charge in [-0.15, -0.1) is 0 Å². The fourth-order valence-electron chi connectivity index (χ4n) is 3.73. The molecule has 0 radical (unpaired) electrons. The number of nitrogens with zero attached hydrogens (tertiary/aromatic N) is 2. The van der Waals surface area contributed by atoms with Gasteiger partial charge < -0.3 is 22.1 Å². The molecule has 0 unspecified atom stereocenters. The van der Waals surface area contributed by atoms with Crippen LogP contribution in [-0.4, -0.2) is 34.5 Å². The molecule has 7 nitrogen and oxygen atoms in total. The van der Waals surface area contributed by atoms with Gasteiger partial charge in [-0.2, -0.15) is 4.98 Å². The second kappa shape index (κ2) is 7.79. The molecule has 1 amide bonds. The van der Waals surface area contributed by atoms with E-state index in [1.54, 1.807) is 0 Å². The molecule has 2 fully saturated rings. The van der Waals surface area contributed by atoms with Gasteiger partial charge in [-0.25, -0.2) is 4.98 Å². The molecule has 132 valence electrons. The third-order valence-corrected chi connectivity index (χ3v) is 5.26. The number of amides is 1. The molecule has 0 aliphatic heterocycles. The molecule has 7 heteroatoms. The molecule has 2 aliphatic carbocycles. The summed E-state index contributed by atoms with van der Waals surface area (Å²) >= 11 is 0. The van der Waals surface area contributed by atoms with E-state index in [9.17, 15) is 4.79 Å². The highest BCUT2D eigenvalue weighted by atomic mass is 16.1. The maximum absolute atomic E-state index is 11.7. The van der Waals surface area contributed by atoms with Gasteiger partial charge >= 0.3 is 0 Å². The van der Waals surface area contributed by atoms with E-state index in [1.165, 1.54) is 19.0 Å². The minimum atomic E-state index is -0.499. The van der Waals surface area contributed by atoms with Gasteiger partial charge in [0.1, 0.15) is 5.82 Å². The van der Waals surface area contributed by atoms with Crippen LogP contribution < -0.4 is 22.1 Å². The normalized spacial score (nSPS) is 24.7. The Labute approximate surface area is 143 Å². The van der Waals surface area contributed by atoms with Gasteiger partial charge in [-0.3, -0.25) is 4.79 Å². The Morgan fingerprint density at radius 2 is 1.75 bits per heavy atom. The highest BCUT2D eigenvalue weighted by Crippen LogP contribution is 2.27. The van der Waals surface area contributed by atoms with Crippen molar-refractivity contribution in [1.82, 2.24) is 9.97 Å². The molecule has 0 bridgehead atoms. The monoisotopic (exact) mass is 332 g/mol. The molecular weight excluding hydrogens is 304 g/mol. The fraction of sp³-hybridized carbons (Fsp3) is 0.706. The molecule has 1 aromatic rings. The van der Waals surface area contributed by atoms with E-state index in [2.05, 4.69) is 20.6 Å². The number of rotatable bonds is 6. The zero-order valence-corrected chi connectivity index (χ0v) is 14.1. The van der Waals surface area contributed by atoms with Crippen LogP contribution >= 0.6 is 0 Å². The average molecular weight is 332 g/mol. The number of hydrogen-bond acceptors (Lipinski definition) is 6. The van der Waals surface area contributed by atoms with Gasteiger partial charge in [0.05, 0.1) is 5.56 Å². The van der Waals surface area contributed by atoms with Crippen molar-refractivity contribution in [3.8, 4) is 0 Å². The van der Waals surface area contributed by atoms with Crippen LogP contribution in [0.15, 0.2) is 6.20 Å². The third-order valence-electron chi connectivity index (χ3n) is 5.26. The van der Waals surface area contributed by atoms with Crippen LogP contribution in [0.2, 0.25) is 0 Å². The van der Waals surface area contributed by atoms with Crippen molar-refractivity contribution < 1.29 is 4.79 Å². The van der Waals surface area contributed by atoms with Crippen LogP contribution in [-0.2, 0) is 0 Å². The molecule has 1 aromatic heterocycles. The lowest BCUT2D eigenvalue weighted by Gasteiger charge is -2.29. The maximum atomic E-state index is 11.7. The zero-order chi connectivity index (χ0) is 16.9. The summed E-state index contributed by atoms with van der Waals surface area (Å²) < 4.78 is 0. The summed E-state index contributed by atoms with van der Waals surface area (Å²) in [6.45, 7) is 0.752. The van der Waals surface area contributed by atoms with E-state index in [1.807, 2.05) is 0 Å². The number of anilines is 2. The number of nitrogens with two attached hydrogens (primary N) is 2. The largest absolute Gasteiger partial charge is 0.367 e. The van der Waals surface area contributed by atoms with Crippen molar-refractivity contribution in [3.05, 3.63) is 11.8 Å². The van der Waals surface area contributed by atoms with Crippen molar-refractivity contribution in [2.45, 2.75) is 63.5 Å². The summed E-state index contributed by atoms with van der Waals surface area (Å²) in [5, 5.41) is 6.78. The van der Waals surface area contributed by atoms with E-state index < -0.39 is 5.91 Å². The average Bonchev–Trinajstić information content (AvgIpc) is 3.08. The lowest BCUT2D eigenvalue weighted by molar-refractivity contribution is 0.100. The molecule has 3 rings (SSSR count). The third kappa shape index (κ3) is 4.14. The number of nitrogens with one attached hydrogen (secondary N) is 2. The Bertz CT molecular complexity index is 564. The van der Waals surface area contributed by atoms with E-state index in [0.29, 0.717) is 35.3 Å². The van der Waals surface area contributed by atoms with Crippen molar-refractivity contribution >= 4 is 17.7 Å². The van der Waals surface area contributed by atoms with Gasteiger partial charge in [0.15, 0.2) is 0 Å². The topological polar surface area (TPSA) is 119 Å². The number of primary amides is 1. The minimum absolute atomic E-state index is 0.306.